The van der Waals surface area contributed by atoms with Crippen LogP contribution in [-0.4, -0.2) is 40.9 Å². The second-order valence-corrected chi connectivity index (χ2v) is 5.05. The Balaban J connectivity index is 2.39. The largest absolute Gasteiger partial charge is 0.449 e. The van der Waals surface area contributed by atoms with Crippen LogP contribution < -0.4 is 0 Å². The lowest BCUT2D eigenvalue weighted by Crippen LogP contribution is -2.51. The Labute approximate surface area is 104 Å². The number of hydrogen-bond acceptors (Lipinski definition) is 3. The molecule has 1 N–H and O–H groups in total. The van der Waals surface area contributed by atoms with Gasteiger partial charge in [-0.3, -0.25) is 0 Å². The minimum absolute atomic E-state index is 0.0624. The zero-order valence-electron chi connectivity index (χ0n) is 11.2. The molecule has 1 rings (SSSR count). The fourth-order valence-electron chi connectivity index (χ4n) is 2.49. The summed E-state index contributed by atoms with van der Waals surface area (Å²) in [6.07, 6.45) is 3.93. The number of aliphatic hydroxyl groups excluding tert-OH is 1. The average Bonchev–Trinajstić information content (AvgIpc) is 2.23. The number of carbonyl (C=O) groups excluding carboxylic acids is 1. The second-order valence-electron chi connectivity index (χ2n) is 5.05. The van der Waals surface area contributed by atoms with Gasteiger partial charge in [-0.1, -0.05) is 19.8 Å². The predicted octanol–water partition coefficient (Wildman–Crippen LogP) is 2.55. The highest BCUT2D eigenvalue weighted by atomic mass is 16.6. The zero-order chi connectivity index (χ0) is 12.8. The summed E-state index contributed by atoms with van der Waals surface area (Å²) in [5.41, 5.74) is 0. The summed E-state index contributed by atoms with van der Waals surface area (Å²) in [4.78, 5) is 13.7. The molecule has 100 valence electrons. The van der Waals surface area contributed by atoms with Gasteiger partial charge in [-0.25, -0.2) is 4.79 Å². The number of unbranched alkanes of at least 4 members (excludes halogenated alkanes) is 2. The molecule has 0 spiro atoms. The van der Waals surface area contributed by atoms with Crippen LogP contribution >= 0.6 is 0 Å². The van der Waals surface area contributed by atoms with Crippen LogP contribution in [0.3, 0.4) is 0 Å². The number of amides is 1. The van der Waals surface area contributed by atoms with E-state index < -0.39 is 0 Å². The molecule has 2 unspecified atom stereocenters. The number of ether oxygens (including phenoxy) is 1. The van der Waals surface area contributed by atoms with Crippen LogP contribution in [0.4, 0.5) is 4.79 Å². The first-order chi connectivity index (χ1) is 8.06. The van der Waals surface area contributed by atoms with E-state index in [0.717, 1.165) is 19.3 Å². The van der Waals surface area contributed by atoms with Crippen molar-refractivity contribution >= 4 is 6.09 Å². The van der Waals surface area contributed by atoms with Gasteiger partial charge in [-0.05, 0) is 33.1 Å². The highest BCUT2D eigenvalue weighted by Crippen LogP contribution is 2.23. The van der Waals surface area contributed by atoms with Crippen molar-refractivity contribution in [3.8, 4) is 0 Å². The molecule has 0 radical (unpaired) electrons. The molecular formula is C13H25NO3. The second kappa shape index (κ2) is 6.84. The summed E-state index contributed by atoms with van der Waals surface area (Å²) in [5.74, 6) is 0. The Kier molecular flexibility index (Phi) is 5.75. The predicted molar refractivity (Wildman–Crippen MR) is 66.9 cm³/mol. The van der Waals surface area contributed by atoms with E-state index in [2.05, 4.69) is 6.92 Å². The van der Waals surface area contributed by atoms with Gasteiger partial charge >= 0.3 is 6.09 Å². The van der Waals surface area contributed by atoms with Crippen LogP contribution in [0.2, 0.25) is 0 Å². The van der Waals surface area contributed by atoms with Gasteiger partial charge in [0.15, 0.2) is 0 Å². The van der Waals surface area contributed by atoms with Crippen LogP contribution in [0.15, 0.2) is 0 Å². The molecule has 0 aromatic rings. The van der Waals surface area contributed by atoms with Crippen molar-refractivity contribution in [3.05, 3.63) is 0 Å². The molecule has 0 bridgehead atoms. The smallest absolute Gasteiger partial charge is 0.410 e. The maximum atomic E-state index is 11.9. The molecule has 17 heavy (non-hydrogen) atoms. The maximum absolute atomic E-state index is 11.9. The number of likely N-dealkylation sites (tertiary alicyclic amines) is 1. The van der Waals surface area contributed by atoms with Crippen molar-refractivity contribution in [3.63, 3.8) is 0 Å². The molecule has 1 saturated heterocycles. The van der Waals surface area contributed by atoms with Crippen LogP contribution in [0, 0.1) is 0 Å². The van der Waals surface area contributed by atoms with Crippen molar-refractivity contribution in [1.82, 2.24) is 4.90 Å². The molecule has 0 saturated carbocycles. The third kappa shape index (κ3) is 4.19. The van der Waals surface area contributed by atoms with Crippen LogP contribution in [0.25, 0.3) is 0 Å². The number of carbonyl (C=O) groups is 1. The minimum atomic E-state index is -0.288. The van der Waals surface area contributed by atoms with Gasteiger partial charge in [0.05, 0.1) is 12.7 Å². The zero-order valence-corrected chi connectivity index (χ0v) is 11.2. The Morgan fingerprint density at radius 2 is 1.88 bits per heavy atom. The maximum Gasteiger partial charge on any atom is 0.410 e. The molecule has 1 aliphatic rings. The van der Waals surface area contributed by atoms with Crippen molar-refractivity contribution in [2.45, 2.75) is 71.1 Å². The van der Waals surface area contributed by atoms with E-state index in [1.165, 1.54) is 0 Å². The van der Waals surface area contributed by atoms with Gasteiger partial charge in [0.25, 0.3) is 0 Å². The van der Waals surface area contributed by atoms with Crippen LogP contribution in [-0.2, 0) is 4.74 Å². The third-order valence-electron chi connectivity index (χ3n) is 3.36. The van der Waals surface area contributed by atoms with Gasteiger partial charge in [0.2, 0.25) is 0 Å². The molecule has 0 aliphatic carbocycles. The quantitative estimate of drug-likeness (QED) is 0.772. The normalized spacial score (nSPS) is 29.2. The fourth-order valence-corrected chi connectivity index (χ4v) is 2.49. The molecule has 1 heterocycles. The highest BCUT2D eigenvalue weighted by Gasteiger charge is 2.33. The van der Waals surface area contributed by atoms with E-state index in [4.69, 9.17) is 4.74 Å². The third-order valence-corrected chi connectivity index (χ3v) is 3.36. The topological polar surface area (TPSA) is 49.8 Å². The van der Waals surface area contributed by atoms with E-state index >= 15 is 0 Å². The number of piperidine rings is 1. The van der Waals surface area contributed by atoms with Crippen molar-refractivity contribution in [2.75, 3.05) is 6.61 Å². The van der Waals surface area contributed by atoms with E-state index in [0.29, 0.717) is 19.4 Å². The minimum Gasteiger partial charge on any atom is -0.449 e. The molecule has 1 fully saturated rings. The van der Waals surface area contributed by atoms with E-state index in [-0.39, 0.29) is 24.3 Å². The molecule has 2 atom stereocenters. The molecule has 1 amide bonds. The van der Waals surface area contributed by atoms with Gasteiger partial charge < -0.3 is 14.7 Å². The fraction of sp³-hybridized carbons (Fsp3) is 0.923. The average molecular weight is 243 g/mol. The van der Waals surface area contributed by atoms with Crippen molar-refractivity contribution in [2.24, 2.45) is 0 Å². The lowest BCUT2D eigenvalue weighted by Gasteiger charge is -2.40. The lowest BCUT2D eigenvalue weighted by molar-refractivity contribution is 0.00747. The van der Waals surface area contributed by atoms with E-state index in [1.54, 1.807) is 4.90 Å². The van der Waals surface area contributed by atoms with E-state index in [1.807, 2.05) is 13.8 Å². The molecule has 1 aliphatic heterocycles. The van der Waals surface area contributed by atoms with E-state index in [9.17, 15) is 9.90 Å². The first-order valence-corrected chi connectivity index (χ1v) is 6.69. The summed E-state index contributed by atoms with van der Waals surface area (Å²) in [5, 5.41) is 9.62. The molecule has 4 nitrogen and oxygen atoms in total. The van der Waals surface area contributed by atoms with Gasteiger partial charge in [0.1, 0.15) is 0 Å². The molecule has 4 heteroatoms. The first kappa shape index (κ1) is 14.3. The summed E-state index contributed by atoms with van der Waals surface area (Å²) >= 11 is 0. The number of rotatable bonds is 4. The number of hydrogen-bond donors (Lipinski definition) is 1. The summed E-state index contributed by atoms with van der Waals surface area (Å²) in [7, 11) is 0. The Bertz CT molecular complexity index is 233. The van der Waals surface area contributed by atoms with Crippen LogP contribution in [0.1, 0.15) is 52.9 Å². The monoisotopic (exact) mass is 243 g/mol. The van der Waals surface area contributed by atoms with Crippen LogP contribution in [0.5, 0.6) is 0 Å². The lowest BCUT2D eigenvalue weighted by atomic mass is 9.95. The van der Waals surface area contributed by atoms with Gasteiger partial charge in [0, 0.05) is 12.1 Å². The Hall–Kier alpha value is -0.770. The summed E-state index contributed by atoms with van der Waals surface area (Å²) in [6, 6.07) is 0.125. The molecule has 0 aromatic heterocycles. The number of nitrogens with zero attached hydrogens (tertiary/aromatic N) is 1. The van der Waals surface area contributed by atoms with Crippen molar-refractivity contribution in [1.29, 1.82) is 0 Å². The SMILES string of the molecule is CCCCCOC(=O)N1C(C)CC(O)CC1C. The van der Waals surface area contributed by atoms with Gasteiger partial charge in [-0.15, -0.1) is 0 Å². The van der Waals surface area contributed by atoms with Crippen molar-refractivity contribution < 1.29 is 14.6 Å². The first-order valence-electron chi connectivity index (χ1n) is 6.69. The highest BCUT2D eigenvalue weighted by molar-refractivity contribution is 5.68. The van der Waals surface area contributed by atoms with Gasteiger partial charge in [-0.2, -0.15) is 0 Å². The summed E-state index contributed by atoms with van der Waals surface area (Å²) < 4.78 is 5.26. The standard InChI is InChI=1S/C13H25NO3/c1-4-5-6-7-17-13(16)14-10(2)8-12(15)9-11(14)3/h10-12,15H,4-9H2,1-3H3. The molecular weight excluding hydrogens is 218 g/mol. The summed E-state index contributed by atoms with van der Waals surface area (Å²) in [6.45, 7) is 6.56. The number of aliphatic hydroxyl groups is 1. The molecule has 0 aromatic carbocycles. The Morgan fingerprint density at radius 3 is 2.41 bits per heavy atom. The Morgan fingerprint density at radius 1 is 1.29 bits per heavy atom.